The van der Waals surface area contributed by atoms with E-state index in [1.807, 2.05) is 41.2 Å². The van der Waals surface area contributed by atoms with Crippen LogP contribution in [-0.2, 0) is 24.7 Å². The van der Waals surface area contributed by atoms with Crippen molar-refractivity contribution in [1.29, 1.82) is 0 Å². The first-order valence-electron chi connectivity index (χ1n) is 14.4. The molecule has 0 aliphatic carbocycles. The van der Waals surface area contributed by atoms with Gasteiger partial charge in [0, 0.05) is 41.3 Å². The van der Waals surface area contributed by atoms with E-state index in [2.05, 4.69) is 32.6 Å². The fourth-order valence-electron chi connectivity index (χ4n) is 4.90. The van der Waals surface area contributed by atoms with Crippen LogP contribution in [0.1, 0.15) is 33.5 Å². The number of aromatic nitrogens is 3. The molecule has 3 heterocycles. The molecule has 47 heavy (non-hydrogen) atoms. The van der Waals surface area contributed by atoms with Crippen LogP contribution < -0.4 is 15.8 Å². The summed E-state index contributed by atoms with van der Waals surface area (Å²) < 4.78 is 68.0. The lowest BCUT2D eigenvalue weighted by molar-refractivity contribution is -0.725. The van der Waals surface area contributed by atoms with Gasteiger partial charge in [-0.1, -0.05) is 41.2 Å². The number of quaternary nitrogens is 1. The second-order valence-electron chi connectivity index (χ2n) is 10.7. The third-order valence-corrected chi connectivity index (χ3v) is 7.42. The Morgan fingerprint density at radius 3 is 2.32 bits per heavy atom. The van der Waals surface area contributed by atoms with Gasteiger partial charge in [0.25, 0.3) is 0 Å². The lowest BCUT2D eigenvalue weighted by atomic mass is 9.84. The first-order valence-corrected chi connectivity index (χ1v) is 14.4. The quantitative estimate of drug-likeness (QED) is 0.122. The van der Waals surface area contributed by atoms with E-state index in [-0.39, 0.29) is 0 Å². The summed E-state index contributed by atoms with van der Waals surface area (Å²) in [5.74, 6) is 0.0606. The van der Waals surface area contributed by atoms with Gasteiger partial charge in [0.1, 0.15) is 29.7 Å². The van der Waals surface area contributed by atoms with Crippen molar-refractivity contribution in [2.75, 3.05) is 6.54 Å². The molecular weight excluding hydrogens is 614 g/mol. The number of halogens is 4. The number of nitrogens with zero attached hydrogens (tertiary/aromatic N) is 5. The van der Waals surface area contributed by atoms with E-state index in [4.69, 9.17) is 4.74 Å². The van der Waals surface area contributed by atoms with Crippen LogP contribution in [0.2, 0.25) is 0 Å². The summed E-state index contributed by atoms with van der Waals surface area (Å²) in [6, 6.07) is 21.4. The van der Waals surface area contributed by atoms with Crippen LogP contribution in [0.15, 0.2) is 109 Å². The molecule has 6 rings (SSSR count). The molecule has 0 amide bonds. The molecule has 1 aliphatic rings. The Labute approximate surface area is 267 Å². The molecule has 1 unspecified atom stereocenters. The van der Waals surface area contributed by atoms with Gasteiger partial charge in [-0.15, -0.1) is 5.53 Å². The van der Waals surface area contributed by atoms with E-state index >= 15 is 8.78 Å². The Bertz CT molecular complexity index is 1910. The minimum atomic E-state index is -4.12. The molecule has 238 valence electrons. The number of benzene rings is 3. The molecule has 0 saturated carbocycles. The standard InChI is InChI=1S/C34H27F4N7O2/c35-28-11-14-30(31(36)18-28)33(46,22-45-23-40-42-43-45)34(37,38)32-15-10-25(19-39-32)3-2-24-8-12-29(13-9-24)47-21-27-6-4-26(5-7-27)20-44-17-1-16-41-44/h1,4-19,23,42-43,46H,20-22H2/p+1. The second kappa shape index (κ2) is 13.4. The van der Waals surface area contributed by atoms with E-state index < -0.39 is 41.0 Å². The molecule has 9 nitrogen and oxygen atoms in total. The van der Waals surface area contributed by atoms with Crippen molar-refractivity contribution in [2.24, 2.45) is 5.10 Å². The molecule has 0 fully saturated rings. The van der Waals surface area contributed by atoms with E-state index in [1.54, 1.807) is 30.5 Å². The zero-order valence-electron chi connectivity index (χ0n) is 24.7. The zero-order valence-corrected chi connectivity index (χ0v) is 24.7. The fraction of sp³-hybridized carbons (Fsp3) is 0.147. The molecule has 13 heteroatoms. The van der Waals surface area contributed by atoms with Crippen LogP contribution in [-0.4, -0.2) is 37.8 Å². The number of pyridine rings is 1. The Kier molecular flexibility index (Phi) is 8.99. The highest BCUT2D eigenvalue weighted by Crippen LogP contribution is 2.46. The van der Waals surface area contributed by atoms with E-state index in [1.165, 1.54) is 11.6 Å². The molecule has 0 radical (unpaired) electrons. The smallest absolute Gasteiger partial charge is 0.323 e. The van der Waals surface area contributed by atoms with Gasteiger partial charge >= 0.3 is 5.92 Å². The van der Waals surface area contributed by atoms with E-state index in [0.717, 1.165) is 46.9 Å². The topological polar surface area (TPSA) is 104 Å². The Hall–Kier alpha value is -5.55. The third kappa shape index (κ3) is 7.15. The van der Waals surface area contributed by atoms with Gasteiger partial charge in [0.15, 0.2) is 11.9 Å². The summed E-state index contributed by atoms with van der Waals surface area (Å²) in [4.78, 5) is 3.85. The number of aliphatic hydroxyl groups is 1. The predicted molar refractivity (Wildman–Crippen MR) is 163 cm³/mol. The molecule has 0 spiro atoms. The third-order valence-electron chi connectivity index (χ3n) is 7.42. The Morgan fingerprint density at radius 1 is 0.915 bits per heavy atom. The molecule has 5 aromatic rings. The van der Waals surface area contributed by atoms with Crippen molar-refractivity contribution >= 4 is 6.34 Å². The minimum absolute atomic E-state index is 0.334. The van der Waals surface area contributed by atoms with Crippen molar-refractivity contribution in [2.45, 2.75) is 24.7 Å². The first-order chi connectivity index (χ1) is 22.7. The van der Waals surface area contributed by atoms with Crippen LogP contribution in [0, 0.1) is 23.5 Å². The molecule has 4 N–H and O–H groups in total. The lowest BCUT2D eigenvalue weighted by Crippen LogP contribution is -2.87. The number of hydrogen-bond acceptors (Lipinski definition) is 7. The van der Waals surface area contributed by atoms with Crippen LogP contribution >= 0.6 is 0 Å². The average Bonchev–Trinajstić information content (AvgIpc) is 3.79. The number of alkyl halides is 2. The summed E-state index contributed by atoms with van der Waals surface area (Å²) in [6.45, 7) is 0.251. The number of β-amino-alcohol motifs (C(OH)–C–C–N with tert-alkyl or cyclic N) is 1. The molecule has 1 atom stereocenters. The lowest BCUT2D eigenvalue weighted by Gasteiger charge is -2.37. The van der Waals surface area contributed by atoms with Crippen molar-refractivity contribution in [3.63, 3.8) is 0 Å². The summed E-state index contributed by atoms with van der Waals surface area (Å²) in [5.41, 5.74) is 2.10. The van der Waals surface area contributed by atoms with Crippen molar-refractivity contribution in [1.82, 2.24) is 25.3 Å². The highest BCUT2D eigenvalue weighted by atomic mass is 19.3. The normalized spacial score (nSPS) is 14.0. The molecular formula is C34H28F4N7O2+. The molecule has 3 aromatic carbocycles. The maximum Gasteiger partial charge on any atom is 0.323 e. The Morgan fingerprint density at radius 2 is 1.66 bits per heavy atom. The number of nitrogens with two attached hydrogens (primary N) is 1. The predicted octanol–water partition coefficient (Wildman–Crippen LogP) is 3.80. The number of hydrazine groups is 1. The summed E-state index contributed by atoms with van der Waals surface area (Å²) in [7, 11) is 0. The SMILES string of the molecule is OC(CN1C=N[NH2+]N1)(c1ccc(F)cc1F)C(F)(F)c1ccc(C#Cc2ccc(OCc3ccc(Cn4cccn4)cc3)cc2)cn1. The average molecular weight is 643 g/mol. The van der Waals surface area contributed by atoms with Crippen LogP contribution in [0.3, 0.4) is 0 Å². The van der Waals surface area contributed by atoms with Crippen LogP contribution in [0.4, 0.5) is 17.6 Å². The van der Waals surface area contributed by atoms with Gasteiger partial charge in [-0.05, 0) is 71.3 Å². The van der Waals surface area contributed by atoms with Crippen molar-refractivity contribution < 1.29 is 32.9 Å². The van der Waals surface area contributed by atoms with Crippen LogP contribution in [0.5, 0.6) is 5.75 Å². The van der Waals surface area contributed by atoms with Gasteiger partial charge < -0.3 is 9.84 Å². The number of nitrogens with one attached hydrogen (secondary N) is 1. The van der Waals surface area contributed by atoms with Gasteiger partial charge in [-0.2, -0.15) is 13.9 Å². The maximum atomic E-state index is 16.0. The highest BCUT2D eigenvalue weighted by Gasteiger charge is 2.58. The molecule has 2 aromatic heterocycles. The van der Waals surface area contributed by atoms with Crippen molar-refractivity contribution in [3.8, 4) is 17.6 Å². The molecule has 0 bridgehead atoms. The summed E-state index contributed by atoms with van der Waals surface area (Å²) >= 11 is 0. The van der Waals surface area contributed by atoms with E-state index in [9.17, 15) is 13.9 Å². The minimum Gasteiger partial charge on any atom is -0.489 e. The molecule has 1 aliphatic heterocycles. The fourth-order valence-corrected chi connectivity index (χ4v) is 4.90. The van der Waals surface area contributed by atoms with Crippen molar-refractivity contribution in [3.05, 3.63) is 149 Å². The van der Waals surface area contributed by atoms with Gasteiger partial charge in [-0.3, -0.25) is 9.67 Å². The second-order valence-corrected chi connectivity index (χ2v) is 10.7. The van der Waals surface area contributed by atoms with Gasteiger partial charge in [0.2, 0.25) is 0 Å². The highest BCUT2D eigenvalue weighted by molar-refractivity contribution is 5.54. The van der Waals surface area contributed by atoms with Gasteiger partial charge in [0.05, 0.1) is 13.1 Å². The largest absolute Gasteiger partial charge is 0.489 e. The summed E-state index contributed by atoms with van der Waals surface area (Å²) in [6.07, 6.45) is 5.94. The van der Waals surface area contributed by atoms with Crippen LogP contribution in [0.25, 0.3) is 0 Å². The summed E-state index contributed by atoms with van der Waals surface area (Å²) in [5, 5.41) is 20.4. The Balaban J connectivity index is 1.11. The number of rotatable bonds is 10. The maximum absolute atomic E-state index is 16.0. The zero-order chi connectivity index (χ0) is 32.9. The molecule has 0 saturated heterocycles. The van der Waals surface area contributed by atoms with Gasteiger partial charge in [-0.25, -0.2) is 13.8 Å². The monoisotopic (exact) mass is 642 g/mol. The number of ether oxygens (including phenoxy) is 1. The first kappa shape index (κ1) is 31.4. The number of hydrogen-bond donors (Lipinski definition) is 3. The van der Waals surface area contributed by atoms with E-state index in [0.29, 0.717) is 36.1 Å².